The standard InChI is InChI=1S/C19H42O3Si/c1-10-13-14-15-18(21-16(4)20-12-3)17(11-2)22-23(8,9)19(5,6)7/h16-18H,10-15H2,1-9H3. The molecule has 0 aliphatic carbocycles. The minimum absolute atomic E-state index is 0.127. The average molecular weight is 347 g/mol. The van der Waals surface area contributed by atoms with Crippen LogP contribution in [0.3, 0.4) is 0 Å². The number of unbranched alkanes of at least 4 members (excludes halogenated alkanes) is 2. The van der Waals surface area contributed by atoms with Crippen LogP contribution in [0.2, 0.25) is 18.1 Å². The highest BCUT2D eigenvalue weighted by Gasteiger charge is 2.40. The Morgan fingerprint density at radius 1 is 0.957 bits per heavy atom. The van der Waals surface area contributed by atoms with Gasteiger partial charge in [-0.2, -0.15) is 0 Å². The molecule has 4 heteroatoms. The van der Waals surface area contributed by atoms with E-state index in [0.717, 1.165) is 12.8 Å². The molecule has 0 heterocycles. The molecule has 3 unspecified atom stereocenters. The van der Waals surface area contributed by atoms with Crippen LogP contribution in [0.1, 0.15) is 80.6 Å². The van der Waals surface area contributed by atoms with Crippen molar-refractivity contribution in [2.45, 2.75) is 117 Å². The van der Waals surface area contributed by atoms with Crippen molar-refractivity contribution in [3.63, 3.8) is 0 Å². The van der Waals surface area contributed by atoms with Crippen molar-refractivity contribution in [1.29, 1.82) is 0 Å². The van der Waals surface area contributed by atoms with E-state index in [-0.39, 0.29) is 23.5 Å². The summed E-state index contributed by atoms with van der Waals surface area (Å²) in [6, 6.07) is 0. The van der Waals surface area contributed by atoms with Crippen molar-refractivity contribution >= 4 is 8.32 Å². The summed E-state index contributed by atoms with van der Waals surface area (Å²) < 4.78 is 18.5. The second kappa shape index (κ2) is 10.9. The van der Waals surface area contributed by atoms with Gasteiger partial charge in [-0.25, -0.2) is 0 Å². The lowest BCUT2D eigenvalue weighted by Gasteiger charge is -2.41. The Hall–Kier alpha value is 0.0969. The number of ether oxygens (including phenoxy) is 2. The first kappa shape index (κ1) is 23.1. The summed E-state index contributed by atoms with van der Waals surface area (Å²) in [7, 11) is -1.79. The van der Waals surface area contributed by atoms with E-state index in [2.05, 4.69) is 47.7 Å². The van der Waals surface area contributed by atoms with Gasteiger partial charge in [-0.1, -0.05) is 53.9 Å². The Kier molecular flexibility index (Phi) is 10.9. The van der Waals surface area contributed by atoms with E-state index >= 15 is 0 Å². The molecule has 0 saturated carbocycles. The van der Waals surface area contributed by atoms with E-state index in [1.54, 1.807) is 0 Å². The van der Waals surface area contributed by atoms with Crippen molar-refractivity contribution in [1.82, 2.24) is 0 Å². The molecule has 3 nitrogen and oxygen atoms in total. The first-order valence-corrected chi connectivity index (χ1v) is 12.4. The Labute approximate surface area is 146 Å². The highest BCUT2D eigenvalue weighted by Crippen LogP contribution is 2.38. The van der Waals surface area contributed by atoms with Crippen LogP contribution in [0.15, 0.2) is 0 Å². The largest absolute Gasteiger partial charge is 0.411 e. The average Bonchev–Trinajstić information content (AvgIpc) is 2.43. The molecule has 0 N–H and O–H groups in total. The normalized spacial score (nSPS) is 17.1. The summed E-state index contributed by atoms with van der Waals surface area (Å²) in [6.07, 6.45) is 5.84. The lowest BCUT2D eigenvalue weighted by molar-refractivity contribution is -0.180. The molecule has 0 aromatic carbocycles. The minimum Gasteiger partial charge on any atom is -0.411 e. The predicted octanol–water partition coefficient (Wildman–Crippen LogP) is 6.13. The molecule has 0 radical (unpaired) electrons. The van der Waals surface area contributed by atoms with E-state index in [9.17, 15) is 0 Å². The fourth-order valence-corrected chi connectivity index (χ4v) is 3.86. The third-order valence-electron chi connectivity index (χ3n) is 4.93. The summed E-state index contributed by atoms with van der Waals surface area (Å²) in [5.74, 6) is 0. The molecule has 0 rings (SSSR count). The van der Waals surface area contributed by atoms with Crippen LogP contribution in [0.25, 0.3) is 0 Å². The van der Waals surface area contributed by atoms with Gasteiger partial charge in [0, 0.05) is 6.61 Å². The lowest BCUT2D eigenvalue weighted by atomic mass is 10.0. The zero-order chi connectivity index (χ0) is 18.1. The van der Waals surface area contributed by atoms with Gasteiger partial charge >= 0.3 is 0 Å². The Bertz CT molecular complexity index is 299. The van der Waals surface area contributed by atoms with Crippen LogP contribution in [-0.2, 0) is 13.9 Å². The molecule has 0 spiro atoms. The summed E-state index contributed by atoms with van der Waals surface area (Å²) in [6.45, 7) is 20.7. The number of hydrogen-bond acceptors (Lipinski definition) is 3. The third kappa shape index (κ3) is 8.66. The van der Waals surface area contributed by atoms with Gasteiger partial charge in [0.05, 0.1) is 12.2 Å². The molecule has 0 bridgehead atoms. The van der Waals surface area contributed by atoms with Crippen LogP contribution in [0.5, 0.6) is 0 Å². The molecule has 0 aromatic rings. The van der Waals surface area contributed by atoms with E-state index in [1.165, 1.54) is 19.3 Å². The van der Waals surface area contributed by atoms with E-state index < -0.39 is 8.32 Å². The van der Waals surface area contributed by atoms with E-state index in [4.69, 9.17) is 13.9 Å². The minimum atomic E-state index is -1.79. The molecule has 0 aliphatic heterocycles. The third-order valence-corrected chi connectivity index (χ3v) is 9.43. The number of rotatable bonds is 12. The molecule has 23 heavy (non-hydrogen) atoms. The molecule has 0 saturated heterocycles. The highest BCUT2D eigenvalue weighted by atomic mass is 28.4. The second-order valence-electron chi connectivity index (χ2n) is 8.02. The first-order chi connectivity index (χ1) is 10.6. The summed E-state index contributed by atoms with van der Waals surface area (Å²) in [5, 5.41) is 0.222. The predicted molar refractivity (Wildman–Crippen MR) is 102 cm³/mol. The van der Waals surface area contributed by atoms with Gasteiger partial charge < -0.3 is 13.9 Å². The molecule has 3 atom stereocenters. The zero-order valence-electron chi connectivity index (χ0n) is 17.2. The zero-order valence-corrected chi connectivity index (χ0v) is 18.2. The van der Waals surface area contributed by atoms with Gasteiger partial charge in [0.15, 0.2) is 14.6 Å². The molecular formula is C19H42O3Si. The van der Waals surface area contributed by atoms with Crippen LogP contribution >= 0.6 is 0 Å². The monoisotopic (exact) mass is 346 g/mol. The Balaban J connectivity index is 4.97. The maximum atomic E-state index is 6.68. The fraction of sp³-hybridized carbons (Fsp3) is 1.00. The smallest absolute Gasteiger partial charge is 0.192 e. The van der Waals surface area contributed by atoms with Crippen LogP contribution in [0, 0.1) is 0 Å². The molecule has 0 aromatic heterocycles. The molecule has 0 amide bonds. The van der Waals surface area contributed by atoms with Crippen molar-refractivity contribution < 1.29 is 13.9 Å². The quantitative estimate of drug-likeness (QED) is 0.241. The molecular weight excluding hydrogens is 304 g/mol. The fourth-order valence-electron chi connectivity index (χ4n) is 2.43. The molecule has 0 aliphatic rings. The second-order valence-corrected chi connectivity index (χ2v) is 12.8. The van der Waals surface area contributed by atoms with Gasteiger partial charge in [-0.3, -0.25) is 0 Å². The van der Waals surface area contributed by atoms with E-state index in [0.29, 0.717) is 6.61 Å². The van der Waals surface area contributed by atoms with Gasteiger partial charge in [0.2, 0.25) is 0 Å². The molecule has 0 fully saturated rings. The van der Waals surface area contributed by atoms with Crippen molar-refractivity contribution in [2.24, 2.45) is 0 Å². The summed E-state index contributed by atoms with van der Waals surface area (Å²) in [4.78, 5) is 0. The van der Waals surface area contributed by atoms with Gasteiger partial charge in [0.25, 0.3) is 0 Å². The van der Waals surface area contributed by atoms with Crippen molar-refractivity contribution in [3.8, 4) is 0 Å². The van der Waals surface area contributed by atoms with E-state index in [1.807, 2.05) is 13.8 Å². The summed E-state index contributed by atoms with van der Waals surface area (Å²) >= 11 is 0. The SMILES string of the molecule is CCCCCC(OC(C)OCC)C(CC)O[Si](C)(C)C(C)(C)C. The topological polar surface area (TPSA) is 27.7 Å². The van der Waals surface area contributed by atoms with Gasteiger partial charge in [0.1, 0.15) is 0 Å². The lowest BCUT2D eigenvalue weighted by Crippen LogP contribution is -2.48. The maximum Gasteiger partial charge on any atom is 0.192 e. The van der Waals surface area contributed by atoms with Crippen LogP contribution < -0.4 is 0 Å². The Morgan fingerprint density at radius 3 is 2.00 bits per heavy atom. The maximum absolute atomic E-state index is 6.68. The highest BCUT2D eigenvalue weighted by molar-refractivity contribution is 6.74. The van der Waals surface area contributed by atoms with Crippen molar-refractivity contribution in [3.05, 3.63) is 0 Å². The van der Waals surface area contributed by atoms with Gasteiger partial charge in [-0.15, -0.1) is 0 Å². The van der Waals surface area contributed by atoms with Crippen LogP contribution in [0.4, 0.5) is 0 Å². The van der Waals surface area contributed by atoms with Crippen molar-refractivity contribution in [2.75, 3.05) is 6.61 Å². The Morgan fingerprint density at radius 2 is 1.57 bits per heavy atom. The number of hydrogen-bond donors (Lipinski definition) is 0. The summed E-state index contributed by atoms with van der Waals surface area (Å²) in [5.41, 5.74) is 0. The first-order valence-electron chi connectivity index (χ1n) is 9.53. The van der Waals surface area contributed by atoms with Gasteiger partial charge in [-0.05, 0) is 44.8 Å². The molecule has 140 valence electrons. The van der Waals surface area contributed by atoms with Crippen LogP contribution in [-0.4, -0.2) is 33.4 Å².